The van der Waals surface area contributed by atoms with Crippen molar-refractivity contribution in [3.05, 3.63) is 35.3 Å². The van der Waals surface area contributed by atoms with E-state index in [-0.39, 0.29) is 11.2 Å². The Balaban J connectivity index is 2.77. The van der Waals surface area contributed by atoms with Crippen molar-refractivity contribution in [3.8, 4) is 0 Å². The van der Waals surface area contributed by atoms with Crippen molar-refractivity contribution in [2.45, 2.75) is 6.92 Å². The highest BCUT2D eigenvalue weighted by Crippen LogP contribution is 2.21. The largest absolute Gasteiger partial charge is 0.477 e. The lowest BCUT2D eigenvalue weighted by Crippen LogP contribution is -1.95. The Bertz CT molecular complexity index is 516. The van der Waals surface area contributed by atoms with Crippen LogP contribution in [0.2, 0.25) is 0 Å². The third-order valence-corrected chi connectivity index (χ3v) is 2.16. The van der Waals surface area contributed by atoms with E-state index in [9.17, 15) is 9.18 Å². The van der Waals surface area contributed by atoms with Crippen molar-refractivity contribution in [2.75, 3.05) is 0 Å². The second-order valence-electron chi connectivity index (χ2n) is 3.15. The lowest BCUT2D eigenvalue weighted by atomic mass is 10.2. The number of carbonyl (C=O) groups is 1. The minimum absolute atomic E-state index is 0.00417. The van der Waals surface area contributed by atoms with E-state index < -0.39 is 11.8 Å². The summed E-state index contributed by atoms with van der Waals surface area (Å²) in [6.45, 7) is 1.63. The summed E-state index contributed by atoms with van der Waals surface area (Å²) < 4.78 is 13.5. The molecule has 72 valence electrons. The van der Waals surface area contributed by atoms with Crippen LogP contribution >= 0.6 is 0 Å². The number of nitrogens with one attached hydrogen (secondary N) is 1. The number of hydrogen-bond acceptors (Lipinski definition) is 1. The SMILES string of the molecule is Cc1ccc2cc(C(=O)O)[nH]c2c1F. The fourth-order valence-corrected chi connectivity index (χ4v) is 1.38. The Kier molecular flexibility index (Phi) is 1.77. The van der Waals surface area contributed by atoms with Crippen LogP contribution in [-0.2, 0) is 0 Å². The smallest absolute Gasteiger partial charge is 0.352 e. The lowest BCUT2D eigenvalue weighted by Gasteiger charge is -1.95. The molecule has 1 aromatic carbocycles. The molecule has 0 aliphatic rings. The molecule has 0 saturated heterocycles. The number of carboxylic acid groups (broad SMARTS) is 1. The number of aromatic nitrogens is 1. The molecule has 0 saturated carbocycles. The van der Waals surface area contributed by atoms with Crippen molar-refractivity contribution >= 4 is 16.9 Å². The van der Waals surface area contributed by atoms with Gasteiger partial charge in [0.1, 0.15) is 11.5 Å². The van der Waals surface area contributed by atoms with Crippen LogP contribution in [0.5, 0.6) is 0 Å². The topological polar surface area (TPSA) is 53.1 Å². The van der Waals surface area contributed by atoms with Crippen LogP contribution in [0, 0.1) is 12.7 Å². The third-order valence-electron chi connectivity index (χ3n) is 2.16. The molecule has 2 rings (SSSR count). The molecule has 0 radical (unpaired) electrons. The maximum absolute atomic E-state index is 13.5. The van der Waals surface area contributed by atoms with Gasteiger partial charge in [0.05, 0.1) is 5.52 Å². The number of carboxylic acids is 1. The van der Waals surface area contributed by atoms with E-state index >= 15 is 0 Å². The predicted octanol–water partition coefficient (Wildman–Crippen LogP) is 2.31. The summed E-state index contributed by atoms with van der Waals surface area (Å²) in [5.41, 5.74) is 0.753. The van der Waals surface area contributed by atoms with E-state index in [1.54, 1.807) is 19.1 Å². The van der Waals surface area contributed by atoms with Gasteiger partial charge in [-0.05, 0) is 18.6 Å². The number of rotatable bonds is 1. The van der Waals surface area contributed by atoms with Crippen LogP contribution in [0.15, 0.2) is 18.2 Å². The second-order valence-corrected chi connectivity index (χ2v) is 3.15. The van der Waals surface area contributed by atoms with Gasteiger partial charge in [0, 0.05) is 5.39 Å². The van der Waals surface area contributed by atoms with Gasteiger partial charge in [0.2, 0.25) is 0 Å². The summed E-state index contributed by atoms with van der Waals surface area (Å²) in [4.78, 5) is 13.1. The molecule has 0 atom stereocenters. The Morgan fingerprint density at radius 3 is 2.86 bits per heavy atom. The van der Waals surface area contributed by atoms with Gasteiger partial charge in [-0.2, -0.15) is 0 Å². The van der Waals surface area contributed by atoms with Crippen LogP contribution in [0.25, 0.3) is 10.9 Å². The standard InChI is InChI=1S/C10H8FNO2/c1-5-2-3-6-4-7(10(13)14)12-9(6)8(5)11/h2-4,12H,1H3,(H,13,14). The van der Waals surface area contributed by atoms with Crippen molar-refractivity contribution in [2.24, 2.45) is 0 Å². The Morgan fingerprint density at radius 2 is 2.21 bits per heavy atom. The quantitative estimate of drug-likeness (QED) is 0.730. The van der Waals surface area contributed by atoms with Gasteiger partial charge in [-0.1, -0.05) is 12.1 Å². The molecule has 3 nitrogen and oxygen atoms in total. The van der Waals surface area contributed by atoms with E-state index in [2.05, 4.69) is 4.98 Å². The predicted molar refractivity (Wildman–Crippen MR) is 50.0 cm³/mol. The van der Waals surface area contributed by atoms with E-state index in [1.807, 2.05) is 0 Å². The molecule has 0 amide bonds. The number of fused-ring (bicyclic) bond motifs is 1. The van der Waals surface area contributed by atoms with Crippen LogP contribution < -0.4 is 0 Å². The van der Waals surface area contributed by atoms with Gasteiger partial charge in [-0.15, -0.1) is 0 Å². The summed E-state index contributed by atoms with van der Waals surface area (Å²) in [7, 11) is 0. The molecule has 2 N–H and O–H groups in total. The average Bonchev–Trinajstić information content (AvgIpc) is 2.56. The van der Waals surface area contributed by atoms with Crippen molar-refractivity contribution in [3.63, 3.8) is 0 Å². The fraction of sp³-hybridized carbons (Fsp3) is 0.100. The fourth-order valence-electron chi connectivity index (χ4n) is 1.38. The van der Waals surface area contributed by atoms with E-state index in [0.717, 1.165) is 0 Å². The molecule has 14 heavy (non-hydrogen) atoms. The van der Waals surface area contributed by atoms with Crippen molar-refractivity contribution in [1.82, 2.24) is 4.98 Å². The minimum atomic E-state index is -1.08. The Morgan fingerprint density at radius 1 is 1.50 bits per heavy atom. The monoisotopic (exact) mass is 193 g/mol. The average molecular weight is 193 g/mol. The van der Waals surface area contributed by atoms with Gasteiger partial charge in [0.15, 0.2) is 0 Å². The summed E-state index contributed by atoms with van der Waals surface area (Å²) in [6, 6.07) is 4.73. The first-order valence-electron chi connectivity index (χ1n) is 4.10. The molecule has 0 bridgehead atoms. The summed E-state index contributed by atoms with van der Waals surface area (Å²) in [6.07, 6.45) is 0. The molecule has 1 aromatic heterocycles. The zero-order chi connectivity index (χ0) is 10.3. The van der Waals surface area contributed by atoms with Crippen LogP contribution in [-0.4, -0.2) is 16.1 Å². The first-order chi connectivity index (χ1) is 6.59. The van der Waals surface area contributed by atoms with Crippen molar-refractivity contribution in [1.29, 1.82) is 0 Å². The summed E-state index contributed by atoms with van der Waals surface area (Å²) in [5.74, 6) is -1.48. The first-order valence-corrected chi connectivity index (χ1v) is 4.10. The zero-order valence-electron chi connectivity index (χ0n) is 7.47. The molecular formula is C10H8FNO2. The number of halogens is 1. The highest BCUT2D eigenvalue weighted by Gasteiger charge is 2.11. The van der Waals surface area contributed by atoms with Gasteiger partial charge >= 0.3 is 5.97 Å². The molecule has 0 unspecified atom stereocenters. The van der Waals surface area contributed by atoms with Gasteiger partial charge in [-0.25, -0.2) is 9.18 Å². The molecule has 0 fully saturated rings. The Labute approximate surface area is 79.2 Å². The molecule has 1 heterocycles. The zero-order valence-corrected chi connectivity index (χ0v) is 7.47. The second kappa shape index (κ2) is 2.83. The maximum atomic E-state index is 13.5. The number of hydrogen-bond donors (Lipinski definition) is 2. The van der Waals surface area contributed by atoms with Crippen molar-refractivity contribution < 1.29 is 14.3 Å². The lowest BCUT2D eigenvalue weighted by molar-refractivity contribution is 0.0691. The van der Waals surface area contributed by atoms with Crippen LogP contribution in [0.1, 0.15) is 16.1 Å². The number of aromatic amines is 1. The maximum Gasteiger partial charge on any atom is 0.352 e. The third kappa shape index (κ3) is 1.16. The summed E-state index contributed by atoms with van der Waals surface area (Å²) in [5, 5.41) is 9.27. The number of H-pyrrole nitrogens is 1. The van der Waals surface area contributed by atoms with Crippen LogP contribution in [0.3, 0.4) is 0 Å². The first kappa shape index (κ1) is 8.74. The highest BCUT2D eigenvalue weighted by molar-refractivity contribution is 5.94. The molecule has 4 heteroatoms. The minimum Gasteiger partial charge on any atom is -0.477 e. The van der Waals surface area contributed by atoms with Gasteiger partial charge < -0.3 is 10.1 Å². The highest BCUT2D eigenvalue weighted by atomic mass is 19.1. The number of benzene rings is 1. The number of aromatic carboxylic acids is 1. The molecule has 0 aliphatic heterocycles. The molecule has 2 aromatic rings. The van der Waals surface area contributed by atoms with E-state index in [4.69, 9.17) is 5.11 Å². The normalized spacial score (nSPS) is 10.7. The van der Waals surface area contributed by atoms with Gasteiger partial charge in [0.25, 0.3) is 0 Å². The molecule has 0 aliphatic carbocycles. The number of aryl methyl sites for hydroxylation is 1. The van der Waals surface area contributed by atoms with E-state index in [0.29, 0.717) is 10.9 Å². The van der Waals surface area contributed by atoms with Crippen LogP contribution in [0.4, 0.5) is 4.39 Å². The van der Waals surface area contributed by atoms with E-state index in [1.165, 1.54) is 6.07 Å². The summed E-state index contributed by atoms with van der Waals surface area (Å²) >= 11 is 0. The van der Waals surface area contributed by atoms with Gasteiger partial charge in [-0.3, -0.25) is 0 Å². The molecular weight excluding hydrogens is 185 g/mol. The molecule has 0 spiro atoms. The Hall–Kier alpha value is -1.84.